The average molecular weight is 414 g/mol. The minimum atomic E-state index is -7.55. The van der Waals surface area contributed by atoms with Crippen LogP contribution in [0, 0.1) is 0 Å². The Kier molecular flexibility index (Phi) is 7.14. The maximum absolute atomic E-state index is 13.4. The summed E-state index contributed by atoms with van der Waals surface area (Å²) >= 11 is 0. The van der Waals surface area contributed by atoms with E-state index in [2.05, 4.69) is 0 Å². The SMILES string of the molecule is CC/C=C/C(F)(F)C(F)(F)C(F)(F)C(F)(F)C(F)(F)C(F)(F)CCCO. The van der Waals surface area contributed by atoms with Gasteiger partial charge in [0, 0.05) is 13.0 Å². The lowest BCUT2D eigenvalue weighted by Gasteiger charge is -2.40. The molecule has 0 aromatic carbocycles. The second-order valence-corrected chi connectivity index (χ2v) is 5.26. The molecule has 1 nitrogen and oxygen atoms in total. The molecule has 0 aliphatic rings. The van der Waals surface area contributed by atoms with Gasteiger partial charge in [-0.2, -0.15) is 52.7 Å². The summed E-state index contributed by atoms with van der Waals surface area (Å²) in [4.78, 5) is 0. The molecule has 0 spiro atoms. The number of halogens is 12. The third kappa shape index (κ3) is 3.77. The van der Waals surface area contributed by atoms with Crippen LogP contribution in [0.2, 0.25) is 0 Å². The molecule has 13 heteroatoms. The molecule has 0 aromatic heterocycles. The van der Waals surface area contributed by atoms with Crippen molar-refractivity contribution in [2.75, 3.05) is 6.61 Å². The summed E-state index contributed by atoms with van der Waals surface area (Å²) in [6, 6.07) is 0. The molecule has 0 saturated heterocycles. The summed E-state index contributed by atoms with van der Waals surface area (Å²) in [6.45, 7) is -0.156. The zero-order chi connectivity index (χ0) is 21.2. The highest BCUT2D eigenvalue weighted by Gasteiger charge is 2.89. The first-order chi connectivity index (χ1) is 11.4. The molecule has 0 aliphatic carbocycles. The van der Waals surface area contributed by atoms with Crippen molar-refractivity contribution in [2.45, 2.75) is 61.7 Å². The zero-order valence-corrected chi connectivity index (χ0v) is 13.0. The monoisotopic (exact) mass is 414 g/mol. The van der Waals surface area contributed by atoms with Crippen LogP contribution < -0.4 is 0 Å². The minimum absolute atomic E-state index is 0.177. The van der Waals surface area contributed by atoms with Crippen LogP contribution in [-0.2, 0) is 0 Å². The van der Waals surface area contributed by atoms with E-state index in [1.165, 1.54) is 0 Å². The average Bonchev–Trinajstić information content (AvgIpc) is 2.49. The van der Waals surface area contributed by atoms with Gasteiger partial charge in [0.05, 0.1) is 0 Å². The summed E-state index contributed by atoms with van der Waals surface area (Å²) in [6.07, 6.45) is -4.70. The van der Waals surface area contributed by atoms with Crippen molar-refractivity contribution in [3.63, 3.8) is 0 Å². The molecule has 26 heavy (non-hydrogen) atoms. The van der Waals surface area contributed by atoms with E-state index < -0.39 is 67.5 Å². The number of alkyl halides is 12. The van der Waals surface area contributed by atoms with Crippen LogP contribution >= 0.6 is 0 Å². The molecule has 0 unspecified atom stereocenters. The van der Waals surface area contributed by atoms with Gasteiger partial charge in [0.1, 0.15) is 0 Å². The summed E-state index contributed by atoms with van der Waals surface area (Å²) in [5.41, 5.74) is 0. The Morgan fingerprint density at radius 3 is 1.50 bits per heavy atom. The van der Waals surface area contributed by atoms with Gasteiger partial charge in [-0.05, 0) is 18.9 Å². The van der Waals surface area contributed by atoms with Crippen LogP contribution in [0.25, 0.3) is 0 Å². The zero-order valence-electron chi connectivity index (χ0n) is 13.0. The first-order valence-corrected chi connectivity index (χ1v) is 6.92. The molecule has 0 amide bonds. The lowest BCUT2D eigenvalue weighted by Crippen LogP contribution is -2.70. The molecule has 0 aromatic rings. The molecular formula is C13H14F12O. The molecule has 0 saturated carbocycles. The molecule has 1 N–H and O–H groups in total. The quantitative estimate of drug-likeness (QED) is 0.368. The second kappa shape index (κ2) is 7.47. The van der Waals surface area contributed by atoms with Gasteiger partial charge >= 0.3 is 35.5 Å². The summed E-state index contributed by atoms with van der Waals surface area (Å²) in [5, 5.41) is 8.24. The van der Waals surface area contributed by atoms with E-state index in [4.69, 9.17) is 5.11 Å². The van der Waals surface area contributed by atoms with Gasteiger partial charge in [-0.3, -0.25) is 0 Å². The smallest absolute Gasteiger partial charge is 0.385 e. The predicted octanol–water partition coefficient (Wildman–Crippen LogP) is 5.54. The number of aliphatic hydroxyl groups excluding tert-OH is 1. The Balaban J connectivity index is 6.19. The normalized spacial score (nSPS) is 15.8. The number of aliphatic hydroxyl groups is 1. The van der Waals surface area contributed by atoms with Gasteiger partial charge in [0.2, 0.25) is 0 Å². The van der Waals surface area contributed by atoms with E-state index in [1.807, 2.05) is 0 Å². The number of allylic oxidation sites excluding steroid dienone is 2. The van der Waals surface area contributed by atoms with E-state index >= 15 is 0 Å². The Bertz CT molecular complexity index is 497. The highest BCUT2D eigenvalue weighted by atomic mass is 19.4. The molecule has 0 fully saturated rings. The van der Waals surface area contributed by atoms with E-state index in [1.54, 1.807) is 0 Å². The summed E-state index contributed by atoms with van der Waals surface area (Å²) < 4.78 is 159. The van der Waals surface area contributed by atoms with Crippen LogP contribution in [0.1, 0.15) is 26.2 Å². The van der Waals surface area contributed by atoms with E-state index in [0.29, 0.717) is 0 Å². The second-order valence-electron chi connectivity index (χ2n) is 5.26. The van der Waals surface area contributed by atoms with Crippen molar-refractivity contribution in [3.8, 4) is 0 Å². The molecule has 156 valence electrons. The first-order valence-electron chi connectivity index (χ1n) is 6.92. The number of rotatable bonds is 10. The standard InChI is InChI=1S/C13H14F12O/c1-2-3-5-8(14,15)10(18,19)12(22,23)13(24,25)11(20,21)9(16,17)6-4-7-26/h3,5,26H,2,4,6-7H2,1H3/b5-3+. The first kappa shape index (κ1) is 24.9. The molecule has 0 aliphatic heterocycles. The third-order valence-electron chi connectivity index (χ3n) is 3.27. The summed E-state index contributed by atoms with van der Waals surface area (Å²) in [5.74, 6) is -41.4. The van der Waals surface area contributed by atoms with Gasteiger partial charge in [-0.25, -0.2) is 0 Å². The van der Waals surface area contributed by atoms with Crippen molar-refractivity contribution in [1.82, 2.24) is 0 Å². The maximum Gasteiger partial charge on any atom is 0.385 e. The van der Waals surface area contributed by atoms with Crippen molar-refractivity contribution in [3.05, 3.63) is 12.2 Å². The van der Waals surface area contributed by atoms with Crippen molar-refractivity contribution >= 4 is 0 Å². The highest BCUT2D eigenvalue weighted by Crippen LogP contribution is 2.60. The Labute approximate surface area is 139 Å². The summed E-state index contributed by atoms with van der Waals surface area (Å²) in [7, 11) is 0. The largest absolute Gasteiger partial charge is 0.396 e. The third-order valence-corrected chi connectivity index (χ3v) is 3.27. The molecule has 0 rings (SSSR count). The Hall–Kier alpha value is -1.14. The lowest BCUT2D eigenvalue weighted by molar-refractivity contribution is -0.420. The maximum atomic E-state index is 13.4. The molecule has 0 radical (unpaired) electrons. The van der Waals surface area contributed by atoms with Gasteiger partial charge < -0.3 is 5.11 Å². The fourth-order valence-electron chi connectivity index (χ4n) is 1.66. The van der Waals surface area contributed by atoms with Crippen LogP contribution in [-0.4, -0.2) is 47.2 Å². The topological polar surface area (TPSA) is 20.2 Å². The van der Waals surface area contributed by atoms with Gasteiger partial charge in [0.15, 0.2) is 0 Å². The highest BCUT2D eigenvalue weighted by molar-refractivity contribution is 5.15. The molecule has 0 heterocycles. The van der Waals surface area contributed by atoms with Crippen LogP contribution in [0.3, 0.4) is 0 Å². The number of hydrogen-bond donors (Lipinski definition) is 1. The molecular weight excluding hydrogens is 400 g/mol. The molecule has 0 atom stereocenters. The van der Waals surface area contributed by atoms with Crippen molar-refractivity contribution in [2.24, 2.45) is 0 Å². The van der Waals surface area contributed by atoms with Crippen LogP contribution in [0.15, 0.2) is 12.2 Å². The van der Waals surface area contributed by atoms with Crippen LogP contribution in [0.5, 0.6) is 0 Å². The molecule has 0 bridgehead atoms. The lowest BCUT2D eigenvalue weighted by atomic mass is 9.90. The van der Waals surface area contributed by atoms with Gasteiger partial charge in [-0.1, -0.05) is 13.0 Å². The van der Waals surface area contributed by atoms with Gasteiger partial charge in [-0.15, -0.1) is 0 Å². The van der Waals surface area contributed by atoms with Crippen LogP contribution in [0.4, 0.5) is 52.7 Å². The van der Waals surface area contributed by atoms with Crippen molar-refractivity contribution in [1.29, 1.82) is 0 Å². The van der Waals surface area contributed by atoms with Crippen molar-refractivity contribution < 1.29 is 57.8 Å². The fraction of sp³-hybridized carbons (Fsp3) is 0.846. The fourth-order valence-corrected chi connectivity index (χ4v) is 1.66. The van der Waals surface area contributed by atoms with E-state index in [-0.39, 0.29) is 6.08 Å². The Morgan fingerprint density at radius 2 is 1.12 bits per heavy atom. The minimum Gasteiger partial charge on any atom is -0.396 e. The Morgan fingerprint density at radius 1 is 0.692 bits per heavy atom. The van der Waals surface area contributed by atoms with E-state index in [0.717, 1.165) is 6.92 Å². The van der Waals surface area contributed by atoms with E-state index in [9.17, 15) is 52.7 Å². The van der Waals surface area contributed by atoms with Gasteiger partial charge in [0.25, 0.3) is 0 Å². The predicted molar refractivity (Wildman–Crippen MR) is 65.4 cm³/mol. The number of hydrogen-bond acceptors (Lipinski definition) is 1.